The van der Waals surface area contributed by atoms with E-state index >= 15 is 0 Å². The highest BCUT2D eigenvalue weighted by molar-refractivity contribution is 5.77. The van der Waals surface area contributed by atoms with E-state index in [0.29, 0.717) is 11.7 Å². The summed E-state index contributed by atoms with van der Waals surface area (Å²) in [7, 11) is 1.62. The summed E-state index contributed by atoms with van der Waals surface area (Å²) in [6.07, 6.45) is 8.02. The van der Waals surface area contributed by atoms with Crippen LogP contribution in [0.3, 0.4) is 0 Å². The fourth-order valence-corrected chi connectivity index (χ4v) is 3.26. The van der Waals surface area contributed by atoms with E-state index in [4.69, 9.17) is 9.47 Å². The Morgan fingerprint density at radius 3 is 2.92 bits per heavy atom. The molecule has 6 nitrogen and oxygen atoms in total. The van der Waals surface area contributed by atoms with Crippen molar-refractivity contribution in [1.82, 2.24) is 15.1 Å². The van der Waals surface area contributed by atoms with E-state index in [9.17, 15) is 4.79 Å². The molecule has 1 aromatic carbocycles. The second kappa shape index (κ2) is 8.05. The predicted molar refractivity (Wildman–Crippen MR) is 95.2 cm³/mol. The molecule has 3 rings (SSSR count). The van der Waals surface area contributed by atoms with Crippen LogP contribution in [-0.4, -0.2) is 35.4 Å². The van der Waals surface area contributed by atoms with Crippen LogP contribution in [0.15, 0.2) is 36.7 Å². The summed E-state index contributed by atoms with van der Waals surface area (Å²) >= 11 is 0. The summed E-state index contributed by atoms with van der Waals surface area (Å²) in [5.74, 6) is 1.73. The summed E-state index contributed by atoms with van der Waals surface area (Å²) in [5, 5.41) is 7.37. The van der Waals surface area contributed by atoms with Crippen molar-refractivity contribution >= 4 is 5.91 Å². The maximum absolute atomic E-state index is 12.1. The minimum Gasteiger partial charge on any atom is -0.494 e. The van der Waals surface area contributed by atoms with E-state index in [1.165, 1.54) is 19.3 Å². The van der Waals surface area contributed by atoms with Gasteiger partial charge < -0.3 is 14.8 Å². The van der Waals surface area contributed by atoms with Crippen molar-refractivity contribution in [2.24, 2.45) is 5.92 Å². The highest BCUT2D eigenvalue weighted by Gasteiger charge is 2.22. The molecule has 0 bridgehead atoms. The Hall–Kier alpha value is -2.50. The van der Waals surface area contributed by atoms with Crippen molar-refractivity contribution < 1.29 is 14.3 Å². The van der Waals surface area contributed by atoms with E-state index in [-0.39, 0.29) is 18.6 Å². The molecule has 0 saturated heterocycles. The van der Waals surface area contributed by atoms with Gasteiger partial charge >= 0.3 is 0 Å². The Morgan fingerprint density at radius 2 is 2.12 bits per heavy atom. The lowest BCUT2D eigenvalue weighted by Gasteiger charge is -2.29. The Bertz CT molecular complexity index is 713. The normalized spacial score (nSPS) is 20.1. The van der Waals surface area contributed by atoms with E-state index in [1.54, 1.807) is 24.2 Å². The molecule has 6 heteroatoms. The molecule has 25 heavy (non-hydrogen) atoms. The number of benzene rings is 1. The van der Waals surface area contributed by atoms with Crippen LogP contribution < -0.4 is 14.8 Å². The SMILES string of the molecule is COc1ccccc1-n1cc(OCC(=O)NC2CCCCC2C)cn1. The van der Waals surface area contributed by atoms with Crippen molar-refractivity contribution in [3.05, 3.63) is 36.7 Å². The van der Waals surface area contributed by atoms with Crippen LogP contribution in [0.5, 0.6) is 11.5 Å². The first-order valence-electron chi connectivity index (χ1n) is 8.77. The van der Waals surface area contributed by atoms with Gasteiger partial charge in [0.15, 0.2) is 12.4 Å². The van der Waals surface area contributed by atoms with Gasteiger partial charge in [-0.15, -0.1) is 0 Å². The number of methoxy groups -OCH3 is 1. The van der Waals surface area contributed by atoms with Crippen LogP contribution in [-0.2, 0) is 4.79 Å². The first-order valence-corrected chi connectivity index (χ1v) is 8.77. The maximum Gasteiger partial charge on any atom is 0.258 e. The van der Waals surface area contributed by atoms with Crippen molar-refractivity contribution in [2.45, 2.75) is 38.6 Å². The number of aromatic nitrogens is 2. The number of carbonyl (C=O) groups is 1. The van der Waals surface area contributed by atoms with E-state index in [0.717, 1.165) is 17.9 Å². The minimum atomic E-state index is -0.0798. The van der Waals surface area contributed by atoms with Gasteiger partial charge in [0.25, 0.3) is 5.91 Å². The molecule has 1 aromatic heterocycles. The Labute approximate surface area is 148 Å². The summed E-state index contributed by atoms with van der Waals surface area (Å²) in [4.78, 5) is 12.1. The number of para-hydroxylation sites is 2. The number of amides is 1. The van der Waals surface area contributed by atoms with Crippen molar-refractivity contribution in [3.8, 4) is 17.2 Å². The second-order valence-corrected chi connectivity index (χ2v) is 6.52. The molecule has 134 valence electrons. The standard InChI is InChI=1S/C19H25N3O3/c1-14-7-3-4-8-16(14)21-19(23)13-25-15-11-20-22(12-15)17-9-5-6-10-18(17)24-2/h5-6,9-12,14,16H,3-4,7-8,13H2,1-2H3,(H,21,23). The molecule has 2 atom stereocenters. The molecule has 1 aliphatic carbocycles. The summed E-state index contributed by atoms with van der Waals surface area (Å²) in [6.45, 7) is 2.20. The van der Waals surface area contributed by atoms with Crippen molar-refractivity contribution in [1.29, 1.82) is 0 Å². The topological polar surface area (TPSA) is 65.4 Å². The van der Waals surface area contributed by atoms with Gasteiger partial charge in [-0.25, -0.2) is 4.68 Å². The van der Waals surface area contributed by atoms with Crippen LogP contribution in [0.2, 0.25) is 0 Å². The summed E-state index contributed by atoms with van der Waals surface area (Å²) in [5.41, 5.74) is 0.820. The van der Waals surface area contributed by atoms with Gasteiger partial charge in [0.05, 0.1) is 19.5 Å². The lowest BCUT2D eigenvalue weighted by atomic mass is 9.86. The lowest BCUT2D eigenvalue weighted by Crippen LogP contribution is -2.43. The van der Waals surface area contributed by atoms with Gasteiger partial charge in [-0.1, -0.05) is 31.9 Å². The van der Waals surface area contributed by atoms with Gasteiger partial charge in [0.2, 0.25) is 0 Å². The molecule has 1 heterocycles. The largest absolute Gasteiger partial charge is 0.494 e. The number of hydrogen-bond acceptors (Lipinski definition) is 4. The van der Waals surface area contributed by atoms with Crippen LogP contribution in [0, 0.1) is 5.92 Å². The highest BCUT2D eigenvalue weighted by Crippen LogP contribution is 2.24. The van der Waals surface area contributed by atoms with Crippen LogP contribution in [0.25, 0.3) is 5.69 Å². The Kier molecular flexibility index (Phi) is 5.58. The first-order chi connectivity index (χ1) is 12.2. The number of nitrogens with one attached hydrogen (secondary N) is 1. The van der Waals surface area contributed by atoms with Crippen LogP contribution in [0.1, 0.15) is 32.6 Å². The first kappa shape index (κ1) is 17.3. The maximum atomic E-state index is 12.1. The molecule has 2 aromatic rings. The van der Waals surface area contributed by atoms with E-state index < -0.39 is 0 Å². The molecule has 2 unspecified atom stereocenters. The van der Waals surface area contributed by atoms with Gasteiger partial charge in [-0.3, -0.25) is 4.79 Å². The smallest absolute Gasteiger partial charge is 0.258 e. The molecule has 1 saturated carbocycles. The van der Waals surface area contributed by atoms with E-state index in [1.807, 2.05) is 24.3 Å². The fourth-order valence-electron chi connectivity index (χ4n) is 3.26. The molecule has 0 aliphatic heterocycles. The molecule has 1 aliphatic rings. The summed E-state index contributed by atoms with van der Waals surface area (Å²) < 4.78 is 12.6. The molecule has 0 spiro atoms. The third-order valence-corrected chi connectivity index (χ3v) is 4.72. The summed E-state index contributed by atoms with van der Waals surface area (Å²) in [6, 6.07) is 7.86. The molecule has 1 amide bonds. The van der Waals surface area contributed by atoms with Gasteiger partial charge in [0, 0.05) is 6.04 Å². The Morgan fingerprint density at radius 1 is 1.32 bits per heavy atom. The molecular weight excluding hydrogens is 318 g/mol. The van der Waals surface area contributed by atoms with Crippen molar-refractivity contribution in [3.63, 3.8) is 0 Å². The predicted octanol–water partition coefficient (Wildman–Crippen LogP) is 2.95. The quantitative estimate of drug-likeness (QED) is 0.876. The van der Waals surface area contributed by atoms with Crippen LogP contribution >= 0.6 is 0 Å². The van der Waals surface area contributed by atoms with Crippen molar-refractivity contribution in [2.75, 3.05) is 13.7 Å². The molecule has 0 radical (unpaired) electrons. The zero-order chi connectivity index (χ0) is 17.6. The number of ether oxygens (including phenoxy) is 2. The zero-order valence-electron chi connectivity index (χ0n) is 14.8. The zero-order valence-corrected chi connectivity index (χ0v) is 14.8. The van der Waals surface area contributed by atoms with Gasteiger partial charge in [0.1, 0.15) is 11.4 Å². The fraction of sp³-hybridized carbons (Fsp3) is 0.474. The third kappa shape index (κ3) is 4.32. The second-order valence-electron chi connectivity index (χ2n) is 6.52. The highest BCUT2D eigenvalue weighted by atomic mass is 16.5. The minimum absolute atomic E-state index is 0.000831. The average Bonchev–Trinajstić information content (AvgIpc) is 3.11. The van der Waals surface area contributed by atoms with Crippen LogP contribution in [0.4, 0.5) is 0 Å². The molecule has 1 fully saturated rings. The third-order valence-electron chi connectivity index (χ3n) is 4.72. The van der Waals surface area contributed by atoms with Gasteiger partial charge in [-0.2, -0.15) is 5.10 Å². The number of hydrogen-bond donors (Lipinski definition) is 1. The number of carbonyl (C=O) groups excluding carboxylic acids is 1. The Balaban J connectivity index is 1.55. The number of rotatable bonds is 6. The average molecular weight is 343 g/mol. The monoisotopic (exact) mass is 343 g/mol. The molecular formula is C19H25N3O3. The lowest BCUT2D eigenvalue weighted by molar-refractivity contribution is -0.124. The van der Waals surface area contributed by atoms with Gasteiger partial charge in [-0.05, 0) is 30.9 Å². The molecule has 1 N–H and O–H groups in total. The van der Waals surface area contributed by atoms with E-state index in [2.05, 4.69) is 17.3 Å². The number of nitrogens with zero attached hydrogens (tertiary/aromatic N) is 2.